The molecule has 1 aromatic heterocycles. The van der Waals surface area contributed by atoms with Crippen LogP contribution in [0.5, 0.6) is 0 Å². The third kappa shape index (κ3) is 2.62. The second-order valence-corrected chi connectivity index (χ2v) is 5.63. The lowest BCUT2D eigenvalue weighted by molar-refractivity contribution is 0.247. The molecule has 98 valence electrons. The quantitative estimate of drug-likeness (QED) is 0.783. The highest BCUT2D eigenvalue weighted by molar-refractivity contribution is 6.17. The fourth-order valence-electron chi connectivity index (χ4n) is 2.72. The van der Waals surface area contributed by atoms with Gasteiger partial charge in [-0.1, -0.05) is 0 Å². The van der Waals surface area contributed by atoms with Crippen molar-refractivity contribution >= 4 is 17.4 Å². The molecule has 1 saturated heterocycles. The van der Waals surface area contributed by atoms with Crippen LogP contribution in [0.15, 0.2) is 12.1 Å². The smallest absolute Gasteiger partial charge is 0.129 e. The Balaban J connectivity index is 1.69. The summed E-state index contributed by atoms with van der Waals surface area (Å²) in [7, 11) is 0. The molecule has 0 spiro atoms. The zero-order valence-electron chi connectivity index (χ0n) is 10.9. The minimum absolute atomic E-state index is 0.568. The molecule has 0 bridgehead atoms. The number of hydrogen-bond donors (Lipinski definition) is 0. The molecule has 1 aromatic rings. The molecule has 2 fully saturated rings. The highest BCUT2D eigenvalue weighted by Crippen LogP contribution is 2.28. The highest BCUT2D eigenvalue weighted by atomic mass is 35.5. The van der Waals surface area contributed by atoms with E-state index in [0.29, 0.717) is 5.88 Å². The monoisotopic (exact) mass is 265 g/mol. The molecule has 1 saturated carbocycles. The topological polar surface area (TPSA) is 19.4 Å². The molecule has 4 heteroatoms. The van der Waals surface area contributed by atoms with E-state index < -0.39 is 0 Å². The molecule has 3 rings (SSSR count). The lowest BCUT2D eigenvalue weighted by Gasteiger charge is -2.35. The molecule has 1 aliphatic carbocycles. The molecule has 1 aliphatic heterocycles. The SMILES string of the molecule is Cc1cc(CCl)cc(N2CCN(C3CC3)CC2)n1. The molecule has 0 amide bonds. The summed E-state index contributed by atoms with van der Waals surface area (Å²) >= 11 is 5.93. The summed E-state index contributed by atoms with van der Waals surface area (Å²) in [6.45, 7) is 6.58. The molecule has 2 aliphatic rings. The number of halogens is 1. The highest BCUT2D eigenvalue weighted by Gasteiger charge is 2.31. The molecule has 0 N–H and O–H groups in total. The number of rotatable bonds is 3. The van der Waals surface area contributed by atoms with Gasteiger partial charge in [-0.05, 0) is 37.5 Å². The number of pyridine rings is 1. The van der Waals surface area contributed by atoms with Crippen molar-refractivity contribution in [2.45, 2.75) is 31.7 Å². The Morgan fingerprint density at radius 1 is 1.22 bits per heavy atom. The number of piperazine rings is 1. The summed E-state index contributed by atoms with van der Waals surface area (Å²) < 4.78 is 0. The first-order chi connectivity index (χ1) is 8.76. The third-order valence-corrected chi connectivity index (χ3v) is 4.16. The Morgan fingerprint density at radius 3 is 2.56 bits per heavy atom. The van der Waals surface area contributed by atoms with Gasteiger partial charge in [-0.3, -0.25) is 4.90 Å². The Hall–Kier alpha value is -0.800. The Kier molecular flexibility index (Phi) is 3.44. The predicted octanol–water partition coefficient (Wildman–Crippen LogP) is 2.41. The lowest BCUT2D eigenvalue weighted by Crippen LogP contribution is -2.47. The van der Waals surface area contributed by atoms with E-state index in [2.05, 4.69) is 26.9 Å². The van der Waals surface area contributed by atoms with Crippen molar-refractivity contribution in [2.75, 3.05) is 31.1 Å². The van der Waals surface area contributed by atoms with E-state index >= 15 is 0 Å². The largest absolute Gasteiger partial charge is 0.354 e. The van der Waals surface area contributed by atoms with E-state index in [0.717, 1.165) is 30.6 Å². The van der Waals surface area contributed by atoms with Crippen LogP contribution in [0.2, 0.25) is 0 Å². The van der Waals surface area contributed by atoms with Gasteiger partial charge < -0.3 is 4.90 Å². The first-order valence-corrected chi connectivity index (χ1v) is 7.32. The summed E-state index contributed by atoms with van der Waals surface area (Å²) in [5.74, 6) is 1.67. The summed E-state index contributed by atoms with van der Waals surface area (Å²) in [5, 5.41) is 0. The summed E-state index contributed by atoms with van der Waals surface area (Å²) in [6.07, 6.45) is 2.80. The van der Waals surface area contributed by atoms with Crippen LogP contribution in [-0.2, 0) is 5.88 Å². The number of anilines is 1. The van der Waals surface area contributed by atoms with E-state index in [4.69, 9.17) is 11.6 Å². The number of aryl methyl sites for hydroxylation is 1. The molecular weight excluding hydrogens is 246 g/mol. The van der Waals surface area contributed by atoms with Gasteiger partial charge in [0.25, 0.3) is 0 Å². The van der Waals surface area contributed by atoms with Gasteiger partial charge >= 0.3 is 0 Å². The average molecular weight is 266 g/mol. The first-order valence-electron chi connectivity index (χ1n) is 6.79. The fraction of sp³-hybridized carbons (Fsp3) is 0.643. The molecule has 0 unspecified atom stereocenters. The van der Waals surface area contributed by atoms with E-state index in [1.54, 1.807) is 0 Å². The van der Waals surface area contributed by atoms with E-state index in [1.165, 1.54) is 31.5 Å². The number of hydrogen-bond acceptors (Lipinski definition) is 3. The van der Waals surface area contributed by atoms with E-state index in [9.17, 15) is 0 Å². The number of aromatic nitrogens is 1. The van der Waals surface area contributed by atoms with Crippen LogP contribution in [0.4, 0.5) is 5.82 Å². The summed E-state index contributed by atoms with van der Waals surface area (Å²) in [4.78, 5) is 9.65. The third-order valence-electron chi connectivity index (χ3n) is 3.86. The van der Waals surface area contributed by atoms with Crippen molar-refractivity contribution in [2.24, 2.45) is 0 Å². The second-order valence-electron chi connectivity index (χ2n) is 5.36. The van der Waals surface area contributed by atoms with Crippen molar-refractivity contribution in [3.63, 3.8) is 0 Å². The van der Waals surface area contributed by atoms with Gasteiger partial charge in [-0.15, -0.1) is 11.6 Å². The van der Waals surface area contributed by atoms with Gasteiger partial charge in [-0.25, -0.2) is 4.98 Å². The van der Waals surface area contributed by atoms with Crippen LogP contribution in [0.25, 0.3) is 0 Å². The van der Waals surface area contributed by atoms with Crippen LogP contribution >= 0.6 is 11.6 Å². The van der Waals surface area contributed by atoms with Crippen molar-refractivity contribution in [3.05, 3.63) is 23.4 Å². The van der Waals surface area contributed by atoms with Gasteiger partial charge in [0.05, 0.1) is 0 Å². The van der Waals surface area contributed by atoms with Crippen molar-refractivity contribution < 1.29 is 0 Å². The number of alkyl halides is 1. The van der Waals surface area contributed by atoms with Gasteiger partial charge in [-0.2, -0.15) is 0 Å². The number of nitrogens with zero attached hydrogens (tertiary/aromatic N) is 3. The Morgan fingerprint density at radius 2 is 1.94 bits per heavy atom. The standard InChI is InChI=1S/C14H20ClN3/c1-11-8-12(10-15)9-14(16-11)18-6-4-17(5-7-18)13-2-3-13/h8-9,13H,2-7,10H2,1H3. The zero-order valence-corrected chi connectivity index (χ0v) is 11.7. The fourth-order valence-corrected chi connectivity index (χ4v) is 2.87. The van der Waals surface area contributed by atoms with Crippen LogP contribution in [0.3, 0.4) is 0 Å². The molecular formula is C14H20ClN3. The maximum absolute atomic E-state index is 5.93. The zero-order chi connectivity index (χ0) is 12.5. The molecule has 0 aromatic carbocycles. The molecule has 18 heavy (non-hydrogen) atoms. The van der Waals surface area contributed by atoms with Crippen molar-refractivity contribution in [1.29, 1.82) is 0 Å². The Bertz CT molecular complexity index is 423. The Labute approximate surface area is 114 Å². The molecule has 0 atom stereocenters. The average Bonchev–Trinajstić information content (AvgIpc) is 3.22. The van der Waals surface area contributed by atoms with Crippen LogP contribution in [-0.4, -0.2) is 42.1 Å². The van der Waals surface area contributed by atoms with Gasteiger partial charge in [0.1, 0.15) is 5.82 Å². The van der Waals surface area contributed by atoms with Crippen molar-refractivity contribution in [1.82, 2.24) is 9.88 Å². The van der Waals surface area contributed by atoms with E-state index in [1.807, 2.05) is 6.92 Å². The summed E-state index contributed by atoms with van der Waals surface area (Å²) in [5.41, 5.74) is 2.23. The van der Waals surface area contributed by atoms with Gasteiger partial charge in [0, 0.05) is 43.8 Å². The van der Waals surface area contributed by atoms with Crippen LogP contribution < -0.4 is 4.90 Å². The second kappa shape index (κ2) is 5.06. The maximum atomic E-state index is 5.93. The molecule has 0 radical (unpaired) electrons. The van der Waals surface area contributed by atoms with Gasteiger partial charge in [0.2, 0.25) is 0 Å². The van der Waals surface area contributed by atoms with E-state index in [-0.39, 0.29) is 0 Å². The molecule has 2 heterocycles. The maximum Gasteiger partial charge on any atom is 0.129 e. The first kappa shape index (κ1) is 12.2. The van der Waals surface area contributed by atoms with Crippen LogP contribution in [0, 0.1) is 6.92 Å². The minimum atomic E-state index is 0.568. The minimum Gasteiger partial charge on any atom is -0.354 e. The predicted molar refractivity (Wildman–Crippen MR) is 75.3 cm³/mol. The normalized spacial score (nSPS) is 21.3. The molecule has 3 nitrogen and oxygen atoms in total. The summed E-state index contributed by atoms with van der Waals surface area (Å²) in [6, 6.07) is 5.08. The van der Waals surface area contributed by atoms with Crippen LogP contribution in [0.1, 0.15) is 24.1 Å². The lowest BCUT2D eigenvalue weighted by atomic mass is 10.2. The van der Waals surface area contributed by atoms with Gasteiger partial charge in [0.15, 0.2) is 0 Å². The van der Waals surface area contributed by atoms with Crippen molar-refractivity contribution in [3.8, 4) is 0 Å².